The van der Waals surface area contributed by atoms with E-state index >= 15 is 0 Å². The van der Waals surface area contributed by atoms with Crippen LogP contribution >= 0.6 is 0 Å². The van der Waals surface area contributed by atoms with E-state index in [9.17, 15) is 4.79 Å². The van der Waals surface area contributed by atoms with Crippen LogP contribution in [0.2, 0.25) is 0 Å². The standard InChI is InChI=1S/C14H19N5O2/c1-18(9-3-2-4-10-20)14(21)12-5-7-13(8-6-12)19-11-15-16-17-19/h5-8,11,20H,2-4,9-10H2,1H3. The first kappa shape index (κ1) is 15.1. The predicted octanol–water partition coefficient (Wildman–Crippen LogP) is 0.897. The smallest absolute Gasteiger partial charge is 0.253 e. The number of nitrogens with zero attached hydrogens (tertiary/aromatic N) is 5. The normalized spacial score (nSPS) is 10.6. The van der Waals surface area contributed by atoms with E-state index in [0.717, 1.165) is 24.9 Å². The van der Waals surface area contributed by atoms with Crippen molar-refractivity contribution in [3.05, 3.63) is 36.2 Å². The molecule has 0 atom stereocenters. The van der Waals surface area contributed by atoms with E-state index in [1.807, 2.05) is 12.1 Å². The molecule has 1 aromatic carbocycles. The highest BCUT2D eigenvalue weighted by Gasteiger charge is 2.11. The molecule has 7 heteroatoms. The number of tetrazole rings is 1. The lowest BCUT2D eigenvalue weighted by Gasteiger charge is -2.17. The van der Waals surface area contributed by atoms with Crippen LogP contribution in [-0.2, 0) is 0 Å². The van der Waals surface area contributed by atoms with Gasteiger partial charge in [-0.15, -0.1) is 5.10 Å². The van der Waals surface area contributed by atoms with Gasteiger partial charge in [0.15, 0.2) is 0 Å². The van der Waals surface area contributed by atoms with Crippen LogP contribution in [0.15, 0.2) is 30.6 Å². The number of hydrogen-bond acceptors (Lipinski definition) is 5. The van der Waals surface area contributed by atoms with Crippen LogP contribution < -0.4 is 0 Å². The third-order valence-electron chi connectivity index (χ3n) is 3.23. The zero-order chi connectivity index (χ0) is 15.1. The number of amides is 1. The van der Waals surface area contributed by atoms with E-state index in [0.29, 0.717) is 12.1 Å². The fraction of sp³-hybridized carbons (Fsp3) is 0.429. The van der Waals surface area contributed by atoms with Gasteiger partial charge >= 0.3 is 0 Å². The summed E-state index contributed by atoms with van der Waals surface area (Å²) < 4.78 is 1.53. The van der Waals surface area contributed by atoms with Gasteiger partial charge < -0.3 is 10.0 Å². The van der Waals surface area contributed by atoms with Gasteiger partial charge in [0.1, 0.15) is 6.33 Å². The first-order chi connectivity index (χ1) is 10.2. The molecular formula is C14H19N5O2. The number of unbranched alkanes of at least 4 members (excludes halogenated alkanes) is 2. The van der Waals surface area contributed by atoms with Gasteiger partial charge in [0.05, 0.1) is 5.69 Å². The number of aliphatic hydroxyl groups is 1. The molecule has 0 aliphatic rings. The number of benzene rings is 1. The summed E-state index contributed by atoms with van der Waals surface area (Å²) in [5.41, 5.74) is 1.44. The van der Waals surface area contributed by atoms with E-state index in [-0.39, 0.29) is 12.5 Å². The lowest BCUT2D eigenvalue weighted by molar-refractivity contribution is 0.0792. The summed E-state index contributed by atoms with van der Waals surface area (Å²) in [6, 6.07) is 7.15. The summed E-state index contributed by atoms with van der Waals surface area (Å²) in [6.45, 7) is 0.893. The molecule has 7 nitrogen and oxygen atoms in total. The first-order valence-electron chi connectivity index (χ1n) is 6.92. The molecule has 0 aliphatic heterocycles. The minimum absolute atomic E-state index is 0.0118. The number of hydrogen-bond donors (Lipinski definition) is 1. The van der Waals surface area contributed by atoms with Crippen molar-refractivity contribution in [2.75, 3.05) is 20.2 Å². The molecule has 0 fully saturated rings. The second-order valence-corrected chi connectivity index (χ2v) is 4.81. The summed E-state index contributed by atoms with van der Waals surface area (Å²) in [7, 11) is 1.79. The van der Waals surface area contributed by atoms with E-state index in [2.05, 4.69) is 15.5 Å². The third-order valence-corrected chi connectivity index (χ3v) is 3.23. The molecule has 0 bridgehead atoms. The highest BCUT2D eigenvalue weighted by atomic mass is 16.2. The topological polar surface area (TPSA) is 84.1 Å². The van der Waals surface area contributed by atoms with Crippen molar-refractivity contribution in [3.8, 4) is 5.69 Å². The monoisotopic (exact) mass is 289 g/mol. The van der Waals surface area contributed by atoms with Crippen molar-refractivity contribution in [2.45, 2.75) is 19.3 Å². The summed E-state index contributed by atoms with van der Waals surface area (Å²) in [5, 5.41) is 19.7. The van der Waals surface area contributed by atoms with Crippen LogP contribution in [0, 0.1) is 0 Å². The van der Waals surface area contributed by atoms with Gasteiger partial charge in [0.25, 0.3) is 5.91 Å². The Kier molecular flexibility index (Phi) is 5.39. The zero-order valence-corrected chi connectivity index (χ0v) is 12.0. The van der Waals surface area contributed by atoms with E-state index < -0.39 is 0 Å². The Bertz CT molecular complexity index is 553. The molecule has 1 N–H and O–H groups in total. The van der Waals surface area contributed by atoms with Crippen LogP contribution in [-0.4, -0.2) is 56.3 Å². The maximum absolute atomic E-state index is 12.2. The Morgan fingerprint density at radius 1 is 1.24 bits per heavy atom. The highest BCUT2D eigenvalue weighted by Crippen LogP contribution is 2.10. The molecule has 0 radical (unpaired) electrons. The molecule has 112 valence electrons. The SMILES string of the molecule is CN(CCCCCO)C(=O)c1ccc(-n2cnnn2)cc1. The molecule has 2 rings (SSSR count). The minimum atomic E-state index is -0.0118. The summed E-state index contributed by atoms with van der Waals surface area (Å²) in [5.74, 6) is -0.0118. The maximum Gasteiger partial charge on any atom is 0.253 e. The first-order valence-corrected chi connectivity index (χ1v) is 6.92. The summed E-state index contributed by atoms with van der Waals surface area (Å²) in [6.07, 6.45) is 4.10. The lowest BCUT2D eigenvalue weighted by Crippen LogP contribution is -2.27. The number of carbonyl (C=O) groups excluding carboxylic acids is 1. The fourth-order valence-corrected chi connectivity index (χ4v) is 2.00. The fourth-order valence-electron chi connectivity index (χ4n) is 2.00. The number of aliphatic hydroxyl groups excluding tert-OH is 1. The average Bonchev–Trinajstić information content (AvgIpc) is 3.05. The number of aromatic nitrogens is 4. The van der Waals surface area contributed by atoms with Crippen molar-refractivity contribution in [1.29, 1.82) is 0 Å². The van der Waals surface area contributed by atoms with Gasteiger partial charge in [-0.05, 0) is 54.0 Å². The van der Waals surface area contributed by atoms with Crippen molar-refractivity contribution in [2.24, 2.45) is 0 Å². The Morgan fingerprint density at radius 3 is 2.62 bits per heavy atom. The number of rotatable bonds is 7. The Balaban J connectivity index is 1.93. The predicted molar refractivity (Wildman–Crippen MR) is 77.1 cm³/mol. The van der Waals surface area contributed by atoms with Gasteiger partial charge in [0, 0.05) is 25.8 Å². The van der Waals surface area contributed by atoms with Crippen molar-refractivity contribution < 1.29 is 9.90 Å². The van der Waals surface area contributed by atoms with E-state index in [1.165, 1.54) is 11.0 Å². The molecule has 0 spiro atoms. The molecule has 21 heavy (non-hydrogen) atoms. The quantitative estimate of drug-likeness (QED) is 0.765. The van der Waals surface area contributed by atoms with Gasteiger partial charge in [-0.3, -0.25) is 4.79 Å². The van der Waals surface area contributed by atoms with Crippen LogP contribution in [0.25, 0.3) is 5.69 Å². The summed E-state index contributed by atoms with van der Waals surface area (Å²) in [4.78, 5) is 13.9. The van der Waals surface area contributed by atoms with Crippen molar-refractivity contribution in [3.63, 3.8) is 0 Å². The molecule has 1 aromatic heterocycles. The molecule has 0 saturated heterocycles. The highest BCUT2D eigenvalue weighted by molar-refractivity contribution is 5.94. The molecule has 0 saturated carbocycles. The Labute approximate surface area is 123 Å². The minimum Gasteiger partial charge on any atom is -0.396 e. The van der Waals surface area contributed by atoms with Crippen LogP contribution in [0.4, 0.5) is 0 Å². The third kappa shape index (κ3) is 4.09. The van der Waals surface area contributed by atoms with Gasteiger partial charge in [-0.2, -0.15) is 0 Å². The second kappa shape index (κ2) is 7.49. The van der Waals surface area contributed by atoms with Crippen LogP contribution in [0.5, 0.6) is 0 Å². The molecule has 2 aromatic rings. The Hall–Kier alpha value is -2.28. The van der Waals surface area contributed by atoms with Crippen molar-refractivity contribution in [1.82, 2.24) is 25.1 Å². The molecule has 1 amide bonds. The van der Waals surface area contributed by atoms with Gasteiger partial charge in [-0.1, -0.05) is 0 Å². The molecule has 0 unspecified atom stereocenters. The Morgan fingerprint density at radius 2 is 2.00 bits per heavy atom. The van der Waals surface area contributed by atoms with Crippen molar-refractivity contribution >= 4 is 5.91 Å². The van der Waals surface area contributed by atoms with E-state index in [4.69, 9.17) is 5.11 Å². The van der Waals surface area contributed by atoms with Crippen LogP contribution in [0.3, 0.4) is 0 Å². The van der Waals surface area contributed by atoms with Gasteiger partial charge in [0.2, 0.25) is 0 Å². The van der Waals surface area contributed by atoms with Crippen LogP contribution in [0.1, 0.15) is 29.6 Å². The number of carbonyl (C=O) groups is 1. The van der Waals surface area contributed by atoms with E-state index in [1.54, 1.807) is 24.1 Å². The largest absolute Gasteiger partial charge is 0.396 e. The summed E-state index contributed by atoms with van der Waals surface area (Å²) >= 11 is 0. The lowest BCUT2D eigenvalue weighted by atomic mass is 10.1. The van der Waals surface area contributed by atoms with Gasteiger partial charge in [-0.25, -0.2) is 4.68 Å². The second-order valence-electron chi connectivity index (χ2n) is 4.81. The average molecular weight is 289 g/mol. The molecule has 0 aliphatic carbocycles. The molecular weight excluding hydrogens is 270 g/mol. The maximum atomic E-state index is 12.2. The molecule has 1 heterocycles. The zero-order valence-electron chi connectivity index (χ0n) is 12.0.